The molecule has 3 N–H and O–H groups in total. The Hall–Kier alpha value is -0.553. The van der Waals surface area contributed by atoms with Gasteiger partial charge in [0.1, 0.15) is 6.10 Å². The fourth-order valence-corrected chi connectivity index (χ4v) is 4.39. The second-order valence-corrected chi connectivity index (χ2v) is 8.25. The largest absolute Gasteiger partial charge is 0.409 e. The van der Waals surface area contributed by atoms with Gasteiger partial charge in [-0.05, 0) is 25.1 Å². The first-order valence-electron chi connectivity index (χ1n) is 5.20. The van der Waals surface area contributed by atoms with E-state index in [-0.39, 0.29) is 11.9 Å². The van der Waals surface area contributed by atoms with Crippen LogP contribution in [0.25, 0.3) is 0 Å². The Labute approximate surface area is 87.3 Å². The van der Waals surface area contributed by atoms with Crippen molar-refractivity contribution in [3.05, 3.63) is 0 Å². The average Bonchev–Trinajstić information content (AvgIpc) is 2.24. The van der Waals surface area contributed by atoms with Gasteiger partial charge in [-0.3, -0.25) is 0 Å². The summed E-state index contributed by atoms with van der Waals surface area (Å²) in [7, 11) is -1.63. The molecule has 0 heterocycles. The minimum absolute atomic E-state index is 0.164. The first kappa shape index (κ1) is 13.4. The van der Waals surface area contributed by atoms with E-state index in [0.29, 0.717) is 0 Å². The highest BCUT2D eigenvalue weighted by Gasteiger charge is 2.31. The molecule has 0 aromatic carbocycles. The van der Waals surface area contributed by atoms with Gasteiger partial charge in [-0.25, -0.2) is 0 Å². The highest BCUT2D eigenvalue weighted by Crippen LogP contribution is 2.23. The smallest absolute Gasteiger partial charge is 0.193 e. The molecule has 1 unspecified atom stereocenters. The Balaban J connectivity index is 4.44. The van der Waals surface area contributed by atoms with Gasteiger partial charge in [0.2, 0.25) is 0 Å². The van der Waals surface area contributed by atoms with Crippen LogP contribution in [0.3, 0.4) is 0 Å². The number of oxime groups is 1. The van der Waals surface area contributed by atoms with Gasteiger partial charge >= 0.3 is 0 Å². The molecule has 0 aliphatic rings. The van der Waals surface area contributed by atoms with Crippen molar-refractivity contribution in [2.75, 3.05) is 0 Å². The summed E-state index contributed by atoms with van der Waals surface area (Å²) in [4.78, 5) is 0. The molecule has 0 rings (SSSR count). The Morgan fingerprint density at radius 1 is 1.36 bits per heavy atom. The first-order valence-corrected chi connectivity index (χ1v) is 7.73. The average molecular weight is 218 g/mol. The number of hydrogen-bond acceptors (Lipinski definition) is 3. The first-order chi connectivity index (χ1) is 6.55. The minimum Gasteiger partial charge on any atom is -0.409 e. The molecule has 4 nitrogen and oxygen atoms in total. The maximum Gasteiger partial charge on any atom is 0.193 e. The molecule has 0 spiro atoms. The summed E-state index contributed by atoms with van der Waals surface area (Å²) in [5.74, 6) is 0.164. The van der Waals surface area contributed by atoms with E-state index in [9.17, 15) is 0 Å². The SMILES string of the molecule is CC[Si](CC)(CC)OC(C)/C(N)=N/O. The second-order valence-electron chi connectivity index (χ2n) is 3.53. The minimum atomic E-state index is -1.63. The van der Waals surface area contributed by atoms with Crippen LogP contribution in [0.15, 0.2) is 5.16 Å². The molecule has 0 aliphatic carbocycles. The van der Waals surface area contributed by atoms with Crippen molar-refractivity contribution < 1.29 is 9.63 Å². The van der Waals surface area contributed by atoms with Crippen molar-refractivity contribution in [1.29, 1.82) is 0 Å². The van der Waals surface area contributed by atoms with Crippen LogP contribution in [0.1, 0.15) is 27.7 Å². The lowest BCUT2D eigenvalue weighted by molar-refractivity contribution is 0.252. The topological polar surface area (TPSA) is 67.8 Å². The fraction of sp³-hybridized carbons (Fsp3) is 0.889. The van der Waals surface area contributed by atoms with Gasteiger partial charge in [-0.2, -0.15) is 0 Å². The van der Waals surface area contributed by atoms with E-state index in [1.807, 2.05) is 6.92 Å². The summed E-state index contributed by atoms with van der Waals surface area (Å²) in [6.45, 7) is 8.28. The summed E-state index contributed by atoms with van der Waals surface area (Å²) in [6, 6.07) is 3.22. The highest BCUT2D eigenvalue weighted by atomic mass is 28.4. The number of nitrogens with zero attached hydrogens (tertiary/aromatic N) is 1. The van der Waals surface area contributed by atoms with Crippen LogP contribution in [0.5, 0.6) is 0 Å². The zero-order valence-electron chi connectivity index (χ0n) is 9.58. The molecule has 5 heteroatoms. The molecule has 14 heavy (non-hydrogen) atoms. The summed E-state index contributed by atoms with van der Waals surface area (Å²) < 4.78 is 5.96. The molecule has 84 valence electrons. The van der Waals surface area contributed by atoms with Crippen molar-refractivity contribution in [3.63, 3.8) is 0 Å². The third-order valence-corrected chi connectivity index (χ3v) is 7.61. The van der Waals surface area contributed by atoms with Gasteiger partial charge in [0.25, 0.3) is 0 Å². The number of hydrogen-bond donors (Lipinski definition) is 2. The highest BCUT2D eigenvalue weighted by molar-refractivity contribution is 6.73. The van der Waals surface area contributed by atoms with Gasteiger partial charge in [-0.1, -0.05) is 25.9 Å². The predicted molar refractivity (Wildman–Crippen MR) is 61.2 cm³/mol. The Morgan fingerprint density at radius 2 is 1.79 bits per heavy atom. The normalized spacial score (nSPS) is 15.6. The lowest BCUT2D eigenvalue weighted by Crippen LogP contribution is -2.43. The van der Waals surface area contributed by atoms with Crippen LogP contribution in [-0.2, 0) is 4.43 Å². The maximum atomic E-state index is 8.52. The number of amidine groups is 1. The van der Waals surface area contributed by atoms with Gasteiger partial charge in [0.05, 0.1) is 0 Å². The van der Waals surface area contributed by atoms with Crippen LogP contribution in [-0.4, -0.2) is 25.5 Å². The molecule has 0 aromatic rings. The van der Waals surface area contributed by atoms with Crippen LogP contribution in [0.2, 0.25) is 18.1 Å². The zero-order chi connectivity index (χ0) is 11.2. The lowest BCUT2D eigenvalue weighted by atomic mass is 10.4. The van der Waals surface area contributed by atoms with E-state index in [2.05, 4.69) is 25.9 Å². The van der Waals surface area contributed by atoms with E-state index in [1.54, 1.807) is 0 Å². The summed E-state index contributed by atoms with van der Waals surface area (Å²) >= 11 is 0. The molecule has 0 aliphatic heterocycles. The summed E-state index contributed by atoms with van der Waals surface area (Å²) in [6.07, 6.45) is -0.272. The number of rotatable bonds is 6. The Kier molecular flexibility index (Phi) is 5.79. The standard InChI is InChI=1S/C9H22N2O2Si/c1-5-14(6-2,7-3)13-8(4)9(10)11-12/h8,12H,5-7H2,1-4H3,(H2,10,11). The Bertz CT molecular complexity index is 185. The van der Waals surface area contributed by atoms with Crippen LogP contribution < -0.4 is 5.73 Å². The van der Waals surface area contributed by atoms with Crippen LogP contribution in [0.4, 0.5) is 0 Å². The van der Waals surface area contributed by atoms with Gasteiger partial charge in [0.15, 0.2) is 14.2 Å². The van der Waals surface area contributed by atoms with Crippen molar-refractivity contribution in [2.45, 2.75) is 51.9 Å². The third-order valence-electron chi connectivity index (χ3n) is 2.89. The van der Waals surface area contributed by atoms with Crippen molar-refractivity contribution in [3.8, 4) is 0 Å². The van der Waals surface area contributed by atoms with Gasteiger partial charge in [0, 0.05) is 0 Å². The molecule has 0 amide bonds. The molecular weight excluding hydrogens is 196 g/mol. The van der Waals surface area contributed by atoms with Crippen LogP contribution >= 0.6 is 0 Å². The van der Waals surface area contributed by atoms with Crippen LogP contribution in [0, 0.1) is 0 Å². The molecule has 0 aromatic heterocycles. The van der Waals surface area contributed by atoms with E-state index in [1.165, 1.54) is 0 Å². The molecule has 0 fully saturated rings. The number of nitrogens with two attached hydrogens (primary N) is 1. The maximum absolute atomic E-state index is 8.52. The molecule has 0 radical (unpaired) electrons. The zero-order valence-corrected chi connectivity index (χ0v) is 10.6. The third kappa shape index (κ3) is 3.30. The lowest BCUT2D eigenvalue weighted by Gasteiger charge is -2.31. The monoisotopic (exact) mass is 218 g/mol. The van der Waals surface area contributed by atoms with Crippen molar-refractivity contribution >= 4 is 14.2 Å². The summed E-state index contributed by atoms with van der Waals surface area (Å²) in [5.41, 5.74) is 5.48. The molecule has 0 bridgehead atoms. The predicted octanol–water partition coefficient (Wildman–Crippen LogP) is 2.14. The fourth-order valence-electron chi connectivity index (χ4n) is 1.52. The van der Waals surface area contributed by atoms with Gasteiger partial charge < -0.3 is 15.4 Å². The molecular formula is C9H22N2O2Si. The van der Waals surface area contributed by atoms with E-state index >= 15 is 0 Å². The second kappa shape index (κ2) is 6.03. The van der Waals surface area contributed by atoms with Crippen molar-refractivity contribution in [2.24, 2.45) is 10.9 Å². The quantitative estimate of drug-likeness (QED) is 0.236. The molecule has 0 saturated heterocycles. The van der Waals surface area contributed by atoms with E-state index in [4.69, 9.17) is 15.4 Å². The molecule has 1 atom stereocenters. The van der Waals surface area contributed by atoms with E-state index in [0.717, 1.165) is 18.1 Å². The van der Waals surface area contributed by atoms with Gasteiger partial charge in [-0.15, -0.1) is 0 Å². The molecule has 0 saturated carbocycles. The summed E-state index contributed by atoms with van der Waals surface area (Å²) in [5, 5.41) is 11.5. The Morgan fingerprint density at radius 3 is 2.07 bits per heavy atom. The van der Waals surface area contributed by atoms with E-state index < -0.39 is 8.32 Å². The van der Waals surface area contributed by atoms with Crippen molar-refractivity contribution in [1.82, 2.24) is 0 Å².